The monoisotopic (exact) mass is 336 g/mol. The molecule has 0 aliphatic carbocycles. The number of furan rings is 1. The fraction of sp³-hybridized carbons (Fsp3) is 0.500. The molecule has 126 valence electrons. The van der Waals surface area contributed by atoms with Crippen LogP contribution >= 0.6 is 12.4 Å². The fourth-order valence-electron chi connectivity index (χ4n) is 3.35. The van der Waals surface area contributed by atoms with Gasteiger partial charge < -0.3 is 14.6 Å². The number of aryl methyl sites for hydroxylation is 3. The second-order valence-electron chi connectivity index (χ2n) is 6.44. The Balaban J connectivity index is 0.00000192. The Morgan fingerprint density at radius 3 is 2.52 bits per heavy atom. The molecule has 4 nitrogen and oxygen atoms in total. The summed E-state index contributed by atoms with van der Waals surface area (Å²) >= 11 is 0. The highest BCUT2D eigenvalue weighted by atomic mass is 35.5. The topological polar surface area (TPSA) is 45.5 Å². The first-order valence-electron chi connectivity index (χ1n) is 7.95. The molecular weight excluding hydrogens is 312 g/mol. The van der Waals surface area contributed by atoms with E-state index in [1.54, 1.807) is 0 Å². The first kappa shape index (κ1) is 17.8. The maximum atomic E-state index is 13.0. The van der Waals surface area contributed by atoms with Crippen molar-refractivity contribution in [3.05, 3.63) is 34.6 Å². The summed E-state index contributed by atoms with van der Waals surface area (Å²) in [5.74, 6) is 0.502. The molecular formula is C18H25ClN2O2. The summed E-state index contributed by atoms with van der Waals surface area (Å²) in [6, 6.07) is 4.59. The van der Waals surface area contributed by atoms with Gasteiger partial charge in [0.15, 0.2) is 5.76 Å². The summed E-state index contributed by atoms with van der Waals surface area (Å²) in [6.45, 7) is 11.8. The molecule has 2 atom stereocenters. The molecule has 3 rings (SSSR count). The number of benzene rings is 1. The van der Waals surface area contributed by atoms with E-state index in [0.29, 0.717) is 11.8 Å². The van der Waals surface area contributed by atoms with Crippen LogP contribution in [0, 0.1) is 20.8 Å². The van der Waals surface area contributed by atoms with Gasteiger partial charge in [-0.1, -0.05) is 12.1 Å². The van der Waals surface area contributed by atoms with Gasteiger partial charge in [-0.3, -0.25) is 4.79 Å². The van der Waals surface area contributed by atoms with Crippen molar-refractivity contribution in [2.24, 2.45) is 0 Å². The van der Waals surface area contributed by atoms with Gasteiger partial charge in [0.2, 0.25) is 0 Å². The third-order valence-electron chi connectivity index (χ3n) is 4.97. The number of piperazine rings is 1. The largest absolute Gasteiger partial charge is 0.450 e. The van der Waals surface area contributed by atoms with Crippen molar-refractivity contribution in [3.63, 3.8) is 0 Å². The summed E-state index contributed by atoms with van der Waals surface area (Å²) in [5.41, 5.74) is 4.03. The minimum Gasteiger partial charge on any atom is -0.450 e. The van der Waals surface area contributed by atoms with Gasteiger partial charge in [0.05, 0.1) is 0 Å². The highest BCUT2D eigenvalue weighted by Gasteiger charge is 2.32. The number of hydrogen-bond donors (Lipinski definition) is 1. The van der Waals surface area contributed by atoms with Crippen LogP contribution in [-0.4, -0.2) is 36.0 Å². The molecule has 1 saturated heterocycles. The number of carbonyl (C=O) groups excluding carboxylic acids is 1. The average Bonchev–Trinajstić information content (AvgIpc) is 2.84. The van der Waals surface area contributed by atoms with Crippen LogP contribution < -0.4 is 5.32 Å². The van der Waals surface area contributed by atoms with Gasteiger partial charge in [0, 0.05) is 36.1 Å². The van der Waals surface area contributed by atoms with Gasteiger partial charge in [0.25, 0.3) is 5.91 Å². The molecule has 0 bridgehead atoms. The third kappa shape index (κ3) is 2.86. The van der Waals surface area contributed by atoms with Crippen LogP contribution in [0.1, 0.15) is 41.1 Å². The van der Waals surface area contributed by atoms with Gasteiger partial charge in [-0.2, -0.15) is 0 Å². The van der Waals surface area contributed by atoms with Crippen LogP contribution in [0.25, 0.3) is 11.0 Å². The predicted octanol–water partition coefficient (Wildman–Crippen LogP) is 3.60. The fourth-order valence-corrected chi connectivity index (χ4v) is 3.35. The molecule has 1 aliphatic heterocycles. The van der Waals surface area contributed by atoms with E-state index in [0.717, 1.165) is 40.7 Å². The number of nitrogens with zero attached hydrogens (tertiary/aromatic N) is 1. The zero-order chi connectivity index (χ0) is 16.0. The lowest BCUT2D eigenvalue weighted by Crippen LogP contribution is -2.57. The molecule has 1 aromatic carbocycles. The summed E-state index contributed by atoms with van der Waals surface area (Å²) in [5, 5.41) is 4.49. The van der Waals surface area contributed by atoms with E-state index in [1.165, 1.54) is 0 Å². The molecule has 0 spiro atoms. The van der Waals surface area contributed by atoms with Crippen molar-refractivity contribution in [2.75, 3.05) is 13.1 Å². The van der Waals surface area contributed by atoms with Crippen LogP contribution in [-0.2, 0) is 0 Å². The number of rotatable bonds is 1. The van der Waals surface area contributed by atoms with Crippen molar-refractivity contribution in [1.29, 1.82) is 0 Å². The lowest BCUT2D eigenvalue weighted by Gasteiger charge is -2.38. The average molecular weight is 337 g/mol. The standard InChI is InChI=1S/C18H24N2O2.ClH/c1-10-6-7-11(2)16-15(10)12(3)17(22-16)18(21)20-9-8-19-13(4)14(20)5;/h6-7,13-14,19H,8-9H2,1-5H3;1H. The second-order valence-corrected chi connectivity index (χ2v) is 6.44. The maximum absolute atomic E-state index is 13.0. The van der Waals surface area contributed by atoms with E-state index in [2.05, 4.69) is 32.2 Å². The lowest BCUT2D eigenvalue weighted by atomic mass is 10.0. The Bertz CT molecular complexity index is 738. The smallest absolute Gasteiger partial charge is 0.290 e. The molecule has 1 N–H and O–H groups in total. The molecule has 2 unspecified atom stereocenters. The van der Waals surface area contributed by atoms with E-state index in [9.17, 15) is 4.79 Å². The molecule has 1 aliphatic rings. The van der Waals surface area contributed by atoms with Gasteiger partial charge in [-0.05, 0) is 45.7 Å². The highest BCUT2D eigenvalue weighted by Crippen LogP contribution is 2.31. The zero-order valence-corrected chi connectivity index (χ0v) is 15.2. The van der Waals surface area contributed by atoms with Crippen LogP contribution in [0.3, 0.4) is 0 Å². The Morgan fingerprint density at radius 1 is 1.22 bits per heavy atom. The van der Waals surface area contributed by atoms with E-state index in [4.69, 9.17) is 4.42 Å². The minimum atomic E-state index is 0. The number of hydrogen-bond acceptors (Lipinski definition) is 3. The Labute approximate surface area is 143 Å². The van der Waals surface area contributed by atoms with Crippen molar-refractivity contribution in [1.82, 2.24) is 10.2 Å². The van der Waals surface area contributed by atoms with Gasteiger partial charge in [0.1, 0.15) is 5.58 Å². The summed E-state index contributed by atoms with van der Waals surface area (Å²) in [6.07, 6.45) is 0. The maximum Gasteiger partial charge on any atom is 0.290 e. The molecule has 0 saturated carbocycles. The summed E-state index contributed by atoms with van der Waals surface area (Å²) in [7, 11) is 0. The SMILES string of the molecule is Cc1ccc(C)c2c(C)c(C(=O)N3CCNC(C)C3C)oc12.Cl. The van der Waals surface area contributed by atoms with E-state index in [-0.39, 0.29) is 24.4 Å². The number of halogens is 1. The van der Waals surface area contributed by atoms with Gasteiger partial charge in [-0.25, -0.2) is 0 Å². The highest BCUT2D eigenvalue weighted by molar-refractivity contribution is 6.00. The lowest BCUT2D eigenvalue weighted by molar-refractivity contribution is 0.0572. The van der Waals surface area contributed by atoms with Crippen molar-refractivity contribution in [2.45, 2.75) is 46.7 Å². The molecule has 2 heterocycles. The first-order chi connectivity index (χ1) is 10.4. The van der Waals surface area contributed by atoms with E-state index < -0.39 is 0 Å². The number of carbonyl (C=O) groups is 1. The van der Waals surface area contributed by atoms with Crippen LogP contribution in [0.4, 0.5) is 0 Å². The number of nitrogens with one attached hydrogen (secondary N) is 1. The van der Waals surface area contributed by atoms with Crippen molar-refractivity contribution >= 4 is 29.3 Å². The Hall–Kier alpha value is -1.52. The summed E-state index contributed by atoms with van der Waals surface area (Å²) < 4.78 is 6.00. The van der Waals surface area contributed by atoms with Gasteiger partial charge >= 0.3 is 0 Å². The van der Waals surface area contributed by atoms with E-state index in [1.807, 2.05) is 24.8 Å². The number of fused-ring (bicyclic) bond motifs is 1. The van der Waals surface area contributed by atoms with Crippen LogP contribution in [0.2, 0.25) is 0 Å². The predicted molar refractivity (Wildman–Crippen MR) is 95.6 cm³/mol. The second kappa shape index (κ2) is 6.54. The summed E-state index contributed by atoms with van der Waals surface area (Å²) in [4.78, 5) is 14.9. The molecule has 1 fully saturated rings. The molecule has 0 radical (unpaired) electrons. The van der Waals surface area contributed by atoms with Crippen LogP contribution in [0.5, 0.6) is 0 Å². The first-order valence-corrected chi connectivity index (χ1v) is 7.95. The van der Waals surface area contributed by atoms with E-state index >= 15 is 0 Å². The third-order valence-corrected chi connectivity index (χ3v) is 4.97. The quantitative estimate of drug-likeness (QED) is 0.865. The Kier molecular flexibility index (Phi) is 5.07. The molecule has 1 aromatic heterocycles. The molecule has 5 heteroatoms. The molecule has 2 aromatic rings. The molecule has 1 amide bonds. The normalized spacial score (nSPS) is 21.3. The van der Waals surface area contributed by atoms with Crippen molar-refractivity contribution in [3.8, 4) is 0 Å². The van der Waals surface area contributed by atoms with Crippen LogP contribution in [0.15, 0.2) is 16.5 Å². The van der Waals surface area contributed by atoms with Crippen molar-refractivity contribution < 1.29 is 9.21 Å². The minimum absolute atomic E-state index is 0. The van der Waals surface area contributed by atoms with Gasteiger partial charge in [-0.15, -0.1) is 12.4 Å². The Morgan fingerprint density at radius 2 is 1.87 bits per heavy atom. The zero-order valence-electron chi connectivity index (χ0n) is 14.4. The number of amides is 1. The molecule has 23 heavy (non-hydrogen) atoms.